The Morgan fingerprint density at radius 2 is 2.19 bits per heavy atom. The molecule has 1 aromatic heterocycles. The highest BCUT2D eigenvalue weighted by molar-refractivity contribution is 7.16. The van der Waals surface area contributed by atoms with Crippen molar-refractivity contribution in [1.82, 2.24) is 0 Å². The van der Waals surface area contributed by atoms with Crippen molar-refractivity contribution in [1.29, 1.82) is 0 Å². The number of aryl methyl sites for hydroxylation is 2. The third-order valence-electron chi connectivity index (χ3n) is 2.31. The maximum absolute atomic E-state index is 11.1. The molecule has 2 aromatic rings. The van der Waals surface area contributed by atoms with Crippen LogP contribution in [-0.2, 0) is 0 Å². The van der Waals surface area contributed by atoms with E-state index >= 15 is 0 Å². The van der Waals surface area contributed by atoms with Crippen LogP contribution < -0.4 is 16.0 Å². The van der Waals surface area contributed by atoms with Crippen molar-refractivity contribution >= 4 is 33.3 Å². The molecule has 0 fully saturated rings. The quantitative estimate of drug-likeness (QED) is 0.796. The van der Waals surface area contributed by atoms with Gasteiger partial charge in [-0.05, 0) is 31.0 Å². The summed E-state index contributed by atoms with van der Waals surface area (Å²) in [5, 5.41) is 2.54. The van der Waals surface area contributed by atoms with Crippen LogP contribution in [0.1, 0.15) is 11.1 Å². The lowest BCUT2D eigenvalue weighted by Crippen LogP contribution is -2.20. The summed E-state index contributed by atoms with van der Waals surface area (Å²) in [5.74, 6) is 0. The molecular formula is C10H10N2O3S. The molecule has 0 saturated heterocycles. The van der Waals surface area contributed by atoms with Crippen molar-refractivity contribution in [3.05, 3.63) is 26.9 Å². The van der Waals surface area contributed by atoms with Crippen molar-refractivity contribution in [2.45, 2.75) is 13.8 Å². The van der Waals surface area contributed by atoms with E-state index in [0.717, 1.165) is 27.2 Å². The van der Waals surface area contributed by atoms with Gasteiger partial charge in [0.25, 0.3) is 0 Å². The van der Waals surface area contributed by atoms with E-state index in [-0.39, 0.29) is 4.94 Å². The largest absolute Gasteiger partial charge is 0.414 e. The topological polar surface area (TPSA) is 85.3 Å². The van der Waals surface area contributed by atoms with Crippen LogP contribution in [0.25, 0.3) is 10.3 Å². The highest BCUT2D eigenvalue weighted by Gasteiger charge is 2.13. The van der Waals surface area contributed by atoms with Gasteiger partial charge in [0.15, 0.2) is 0 Å². The first-order valence-corrected chi connectivity index (χ1v) is 5.41. The van der Waals surface area contributed by atoms with Crippen LogP contribution in [-0.4, -0.2) is 6.03 Å². The second-order valence-electron chi connectivity index (χ2n) is 3.46. The average Bonchev–Trinajstić information content (AvgIpc) is 2.53. The van der Waals surface area contributed by atoms with Gasteiger partial charge in [-0.25, -0.2) is 9.59 Å². The summed E-state index contributed by atoms with van der Waals surface area (Å²) in [5.41, 5.74) is 7.86. The fourth-order valence-electron chi connectivity index (χ4n) is 1.64. The van der Waals surface area contributed by atoms with Gasteiger partial charge >= 0.3 is 11.0 Å². The second-order valence-corrected chi connectivity index (χ2v) is 4.41. The Hall–Kier alpha value is -1.82. The van der Waals surface area contributed by atoms with Crippen molar-refractivity contribution in [2.24, 2.45) is 5.73 Å². The van der Waals surface area contributed by atoms with E-state index in [1.165, 1.54) is 0 Å². The number of hydrogen-bond acceptors (Lipinski definition) is 4. The molecule has 0 aliphatic heterocycles. The van der Waals surface area contributed by atoms with E-state index in [4.69, 9.17) is 10.2 Å². The van der Waals surface area contributed by atoms with Gasteiger partial charge in [-0.15, -0.1) is 0 Å². The molecule has 2 amide bonds. The molecule has 0 radical (unpaired) electrons. The predicted octanol–water partition coefficient (Wildman–Crippen LogP) is 1.96. The summed E-state index contributed by atoms with van der Waals surface area (Å²) >= 11 is 1.01. The zero-order valence-electron chi connectivity index (χ0n) is 8.79. The number of carbonyl (C=O) groups excluding carboxylic acids is 1. The lowest BCUT2D eigenvalue weighted by molar-refractivity contribution is 0.259. The minimum Gasteiger partial charge on any atom is -0.414 e. The van der Waals surface area contributed by atoms with Crippen LogP contribution in [0.3, 0.4) is 0 Å². The number of anilines is 1. The van der Waals surface area contributed by atoms with Gasteiger partial charge in [0.1, 0.15) is 5.58 Å². The molecule has 1 aromatic carbocycles. The Balaban J connectivity index is 2.74. The second kappa shape index (κ2) is 3.64. The number of nitrogens with one attached hydrogen (secondary N) is 1. The molecule has 2 rings (SSSR count). The van der Waals surface area contributed by atoms with Crippen molar-refractivity contribution in [3.8, 4) is 0 Å². The van der Waals surface area contributed by atoms with E-state index < -0.39 is 6.03 Å². The monoisotopic (exact) mass is 238 g/mol. The maximum Gasteiger partial charge on any atom is 0.396 e. The smallest absolute Gasteiger partial charge is 0.396 e. The molecule has 0 unspecified atom stereocenters. The Kier molecular flexibility index (Phi) is 2.43. The Morgan fingerprint density at radius 1 is 1.50 bits per heavy atom. The number of urea groups is 1. The Morgan fingerprint density at radius 3 is 2.81 bits per heavy atom. The SMILES string of the molecule is Cc1cc2oc(=O)sc2c(C)c1NC(N)=O. The van der Waals surface area contributed by atoms with E-state index in [1.807, 2.05) is 13.8 Å². The fraction of sp³-hybridized carbons (Fsp3) is 0.200. The molecule has 0 aliphatic carbocycles. The van der Waals surface area contributed by atoms with E-state index in [2.05, 4.69) is 5.32 Å². The first kappa shape index (κ1) is 10.7. The third-order valence-corrected chi connectivity index (χ3v) is 3.27. The van der Waals surface area contributed by atoms with Gasteiger partial charge in [-0.1, -0.05) is 11.3 Å². The molecule has 0 bridgehead atoms. The van der Waals surface area contributed by atoms with Gasteiger partial charge in [0, 0.05) is 5.69 Å². The number of hydrogen-bond donors (Lipinski definition) is 2. The van der Waals surface area contributed by atoms with Crippen LogP contribution >= 0.6 is 11.3 Å². The van der Waals surface area contributed by atoms with Crippen LogP contribution in [0.15, 0.2) is 15.3 Å². The normalized spacial score (nSPS) is 10.6. The van der Waals surface area contributed by atoms with E-state index in [1.54, 1.807) is 6.07 Å². The van der Waals surface area contributed by atoms with Gasteiger partial charge in [-0.3, -0.25) is 0 Å². The summed E-state index contributed by atoms with van der Waals surface area (Å²) in [6.07, 6.45) is 0. The predicted molar refractivity (Wildman–Crippen MR) is 63.0 cm³/mol. The molecule has 5 nitrogen and oxygen atoms in total. The van der Waals surface area contributed by atoms with E-state index in [9.17, 15) is 9.59 Å². The van der Waals surface area contributed by atoms with Gasteiger partial charge < -0.3 is 15.5 Å². The molecule has 1 heterocycles. The molecule has 16 heavy (non-hydrogen) atoms. The lowest BCUT2D eigenvalue weighted by Gasteiger charge is -2.09. The lowest BCUT2D eigenvalue weighted by atomic mass is 10.1. The number of primary amides is 1. The molecule has 0 atom stereocenters. The molecule has 0 saturated carbocycles. The van der Waals surface area contributed by atoms with Gasteiger partial charge in [-0.2, -0.15) is 0 Å². The molecule has 3 N–H and O–H groups in total. The third kappa shape index (κ3) is 1.67. The van der Waals surface area contributed by atoms with Gasteiger partial charge in [0.05, 0.1) is 4.70 Å². The van der Waals surface area contributed by atoms with Crippen LogP contribution in [0.5, 0.6) is 0 Å². The van der Waals surface area contributed by atoms with Crippen LogP contribution in [0.4, 0.5) is 10.5 Å². The highest BCUT2D eigenvalue weighted by atomic mass is 32.1. The summed E-state index contributed by atoms with van der Waals surface area (Å²) in [7, 11) is 0. The number of benzene rings is 1. The Bertz CT molecular complexity index is 627. The number of rotatable bonds is 1. The summed E-state index contributed by atoms with van der Waals surface area (Å²) < 4.78 is 5.74. The molecule has 84 valence electrons. The van der Waals surface area contributed by atoms with Crippen LogP contribution in [0.2, 0.25) is 0 Å². The number of nitrogens with two attached hydrogens (primary N) is 1. The van der Waals surface area contributed by atoms with Crippen molar-refractivity contribution in [3.63, 3.8) is 0 Å². The minimum absolute atomic E-state index is 0.353. The van der Waals surface area contributed by atoms with Gasteiger partial charge in [0.2, 0.25) is 0 Å². The molecule has 0 spiro atoms. The number of carbonyl (C=O) groups is 1. The van der Waals surface area contributed by atoms with Crippen molar-refractivity contribution in [2.75, 3.05) is 5.32 Å². The van der Waals surface area contributed by atoms with Crippen LogP contribution in [0, 0.1) is 13.8 Å². The highest BCUT2D eigenvalue weighted by Crippen LogP contribution is 2.30. The molecule has 6 heteroatoms. The number of fused-ring (bicyclic) bond motifs is 1. The summed E-state index contributed by atoms with van der Waals surface area (Å²) in [4.78, 5) is 21.6. The number of amides is 2. The fourth-order valence-corrected chi connectivity index (χ4v) is 2.40. The minimum atomic E-state index is -0.624. The summed E-state index contributed by atoms with van der Waals surface area (Å²) in [6, 6.07) is 1.09. The standard InChI is InChI=1S/C10H10N2O3S/c1-4-3-6-8(16-10(14)15-6)5(2)7(4)12-9(11)13/h3H,1-2H3,(H3,11,12,13). The maximum atomic E-state index is 11.1. The zero-order chi connectivity index (χ0) is 11.9. The zero-order valence-corrected chi connectivity index (χ0v) is 9.60. The van der Waals surface area contributed by atoms with Crippen molar-refractivity contribution < 1.29 is 9.21 Å². The first-order valence-electron chi connectivity index (χ1n) is 4.59. The first-order chi connectivity index (χ1) is 7.49. The molecule has 0 aliphatic rings. The Labute approximate surface area is 94.9 Å². The molecular weight excluding hydrogens is 228 g/mol. The van der Waals surface area contributed by atoms with E-state index in [0.29, 0.717) is 11.3 Å². The summed E-state index contributed by atoms with van der Waals surface area (Å²) in [6.45, 7) is 3.63. The average molecular weight is 238 g/mol.